The number of esters is 1. The third-order valence-electron chi connectivity index (χ3n) is 0.368. The molecule has 0 aliphatic heterocycles. The Bertz CT molecular complexity index is 124. The van der Waals surface area contributed by atoms with Crippen molar-refractivity contribution >= 4 is 12.1 Å². The van der Waals surface area contributed by atoms with Crippen molar-refractivity contribution in [2.75, 3.05) is 7.11 Å². The Kier molecular flexibility index (Phi) is 8.45. The fraction of sp³-hybridized carbons (Fsp3) is 0.200. The summed E-state index contributed by atoms with van der Waals surface area (Å²) in [5.41, 5.74) is 0. The van der Waals surface area contributed by atoms with E-state index in [4.69, 9.17) is 15.0 Å². The Morgan fingerprint density at radius 3 is 1.80 bits per heavy atom. The molecule has 0 atom stereocenters. The Hall–Kier alpha value is -1.52. The molecular weight excluding hydrogens is 140 g/mol. The first-order valence-corrected chi connectivity index (χ1v) is 2.16. The van der Waals surface area contributed by atoms with Crippen molar-refractivity contribution in [3.63, 3.8) is 0 Å². The van der Waals surface area contributed by atoms with Crippen molar-refractivity contribution in [3.8, 4) is 0 Å². The Morgan fingerprint density at radius 1 is 1.50 bits per heavy atom. The van der Waals surface area contributed by atoms with E-state index in [-0.39, 0.29) is 0 Å². The van der Waals surface area contributed by atoms with Crippen molar-refractivity contribution in [2.24, 2.45) is 0 Å². The predicted molar refractivity (Wildman–Crippen MR) is 32.9 cm³/mol. The van der Waals surface area contributed by atoms with Gasteiger partial charge in [0.05, 0.1) is 7.11 Å². The summed E-state index contributed by atoms with van der Waals surface area (Å²) in [6, 6.07) is 0. The highest BCUT2D eigenvalue weighted by molar-refractivity contribution is 5.80. The summed E-state index contributed by atoms with van der Waals surface area (Å²) in [4.78, 5) is 18.4. The summed E-state index contributed by atoms with van der Waals surface area (Å²) >= 11 is 0. The first-order valence-electron chi connectivity index (χ1n) is 2.16. The van der Waals surface area contributed by atoms with E-state index < -0.39 is 12.1 Å². The molecule has 2 N–H and O–H groups in total. The molecule has 0 fully saturated rings. The lowest BCUT2D eigenvalue weighted by molar-refractivity contribution is -0.134. The van der Waals surface area contributed by atoms with E-state index in [0.717, 1.165) is 6.08 Å². The number of carbonyl (C=O) groups excluding carboxylic acids is 1. The molecule has 0 saturated heterocycles. The lowest BCUT2D eigenvalue weighted by atomic mass is 10.7. The van der Waals surface area contributed by atoms with Crippen LogP contribution in [0.5, 0.6) is 0 Å². The van der Waals surface area contributed by atoms with Gasteiger partial charge in [-0.1, -0.05) is 6.58 Å². The molecule has 0 aliphatic carbocycles. The number of hydrogen-bond acceptors (Lipinski definition) is 3. The minimum absolute atomic E-state index is 0.394. The second-order valence-corrected chi connectivity index (χ2v) is 1.01. The molecule has 0 amide bonds. The maximum absolute atomic E-state index is 9.84. The van der Waals surface area contributed by atoms with E-state index >= 15 is 0 Å². The maximum Gasteiger partial charge on any atom is 0.503 e. The monoisotopic (exact) mass is 148 g/mol. The molecule has 0 heterocycles. The van der Waals surface area contributed by atoms with Crippen LogP contribution in [-0.4, -0.2) is 29.4 Å². The lowest BCUT2D eigenvalue weighted by Crippen LogP contribution is -1.91. The molecule has 0 aromatic rings. The smallest absolute Gasteiger partial charge is 0.466 e. The molecule has 0 aromatic heterocycles. The fourth-order valence-electron chi connectivity index (χ4n) is 0.0833. The van der Waals surface area contributed by atoms with Gasteiger partial charge in [-0.15, -0.1) is 0 Å². The van der Waals surface area contributed by atoms with Gasteiger partial charge in [-0.25, -0.2) is 9.59 Å². The summed E-state index contributed by atoms with van der Waals surface area (Å²) in [7, 11) is 1.31. The lowest BCUT2D eigenvalue weighted by Gasteiger charge is -1.83. The van der Waals surface area contributed by atoms with Gasteiger partial charge in [0.1, 0.15) is 0 Å². The van der Waals surface area contributed by atoms with Gasteiger partial charge in [-0.3, -0.25) is 0 Å². The Labute approximate surface area is 57.5 Å². The second-order valence-electron chi connectivity index (χ2n) is 1.01. The Morgan fingerprint density at radius 2 is 1.80 bits per heavy atom. The van der Waals surface area contributed by atoms with Gasteiger partial charge in [-0.05, 0) is 0 Å². The van der Waals surface area contributed by atoms with Crippen LogP contribution < -0.4 is 0 Å². The first-order chi connectivity index (χ1) is 4.54. The van der Waals surface area contributed by atoms with Crippen LogP contribution >= 0.6 is 0 Å². The van der Waals surface area contributed by atoms with Gasteiger partial charge in [-0.2, -0.15) is 0 Å². The maximum atomic E-state index is 9.84. The number of carbonyl (C=O) groups is 2. The Balaban J connectivity index is 0. The molecule has 0 rings (SSSR count). The highest BCUT2D eigenvalue weighted by atomic mass is 16.6. The van der Waals surface area contributed by atoms with E-state index in [1.54, 1.807) is 0 Å². The molecular formula is C5H8O5. The minimum atomic E-state index is -1.83. The van der Waals surface area contributed by atoms with E-state index in [1.807, 2.05) is 0 Å². The van der Waals surface area contributed by atoms with Crippen LogP contribution in [0.15, 0.2) is 12.7 Å². The zero-order valence-electron chi connectivity index (χ0n) is 5.40. The van der Waals surface area contributed by atoms with Crippen LogP contribution in [-0.2, 0) is 9.53 Å². The fourth-order valence-corrected chi connectivity index (χ4v) is 0.0833. The second kappa shape index (κ2) is 7.48. The van der Waals surface area contributed by atoms with Gasteiger partial charge in [0.25, 0.3) is 0 Å². The van der Waals surface area contributed by atoms with Crippen molar-refractivity contribution in [2.45, 2.75) is 0 Å². The van der Waals surface area contributed by atoms with Gasteiger partial charge >= 0.3 is 12.1 Å². The highest BCUT2D eigenvalue weighted by Gasteiger charge is 1.81. The minimum Gasteiger partial charge on any atom is -0.466 e. The number of methoxy groups -OCH3 is 1. The zero-order chi connectivity index (χ0) is 8.57. The molecule has 10 heavy (non-hydrogen) atoms. The van der Waals surface area contributed by atoms with Crippen LogP contribution in [0.1, 0.15) is 0 Å². The van der Waals surface area contributed by atoms with E-state index in [9.17, 15) is 4.79 Å². The molecule has 58 valence electrons. The van der Waals surface area contributed by atoms with Gasteiger partial charge in [0.2, 0.25) is 0 Å². The first kappa shape index (κ1) is 11.3. The summed E-state index contributed by atoms with van der Waals surface area (Å²) in [6.07, 6.45) is -0.722. The topological polar surface area (TPSA) is 83.8 Å². The van der Waals surface area contributed by atoms with E-state index in [1.165, 1.54) is 7.11 Å². The van der Waals surface area contributed by atoms with Crippen LogP contribution in [0.25, 0.3) is 0 Å². The third kappa shape index (κ3) is 31.6. The summed E-state index contributed by atoms with van der Waals surface area (Å²) in [5.74, 6) is -0.394. The molecule has 5 nitrogen and oxygen atoms in total. The molecule has 0 aromatic carbocycles. The molecule has 0 bridgehead atoms. The van der Waals surface area contributed by atoms with Crippen molar-refractivity contribution < 1.29 is 24.5 Å². The number of carboxylic acid groups (broad SMARTS) is 2. The van der Waals surface area contributed by atoms with Crippen molar-refractivity contribution in [3.05, 3.63) is 12.7 Å². The van der Waals surface area contributed by atoms with E-state index in [2.05, 4.69) is 11.3 Å². The SMILES string of the molecule is C=CC(=O)OC.O=C(O)O. The number of ether oxygens (including phenoxy) is 1. The van der Waals surface area contributed by atoms with Gasteiger partial charge in [0, 0.05) is 6.08 Å². The summed E-state index contributed by atoms with van der Waals surface area (Å²) in [6.45, 7) is 3.16. The van der Waals surface area contributed by atoms with Crippen LogP contribution in [0.4, 0.5) is 4.79 Å². The number of hydrogen-bond donors (Lipinski definition) is 2. The van der Waals surface area contributed by atoms with Crippen molar-refractivity contribution in [1.82, 2.24) is 0 Å². The average molecular weight is 148 g/mol. The molecule has 0 radical (unpaired) electrons. The third-order valence-corrected chi connectivity index (χ3v) is 0.368. The highest BCUT2D eigenvalue weighted by Crippen LogP contribution is 1.67. The molecule has 0 saturated carbocycles. The summed E-state index contributed by atoms with van der Waals surface area (Å²) < 4.78 is 4.14. The molecule has 0 unspecified atom stereocenters. The largest absolute Gasteiger partial charge is 0.503 e. The average Bonchev–Trinajstić information content (AvgIpc) is 1.85. The molecule has 0 aliphatic rings. The standard InChI is InChI=1S/C4H6O2.CH2O3/c1-3-4(5)6-2;2-1(3)4/h3H,1H2,2H3;(H2,2,3,4). The molecule has 5 heteroatoms. The zero-order valence-corrected chi connectivity index (χ0v) is 5.40. The molecule has 0 spiro atoms. The van der Waals surface area contributed by atoms with Crippen LogP contribution in [0, 0.1) is 0 Å². The van der Waals surface area contributed by atoms with Crippen LogP contribution in [0.2, 0.25) is 0 Å². The number of rotatable bonds is 1. The van der Waals surface area contributed by atoms with E-state index in [0.29, 0.717) is 0 Å². The van der Waals surface area contributed by atoms with Gasteiger partial charge < -0.3 is 14.9 Å². The van der Waals surface area contributed by atoms with Crippen molar-refractivity contribution in [1.29, 1.82) is 0 Å². The van der Waals surface area contributed by atoms with Gasteiger partial charge in [0.15, 0.2) is 0 Å². The van der Waals surface area contributed by atoms with Crippen LogP contribution in [0.3, 0.4) is 0 Å². The predicted octanol–water partition coefficient (Wildman–Crippen LogP) is 0.568. The normalized spacial score (nSPS) is 6.50. The quantitative estimate of drug-likeness (QED) is 0.419. The summed E-state index contributed by atoms with van der Waals surface area (Å²) in [5, 5.41) is 13.9.